The summed E-state index contributed by atoms with van der Waals surface area (Å²) in [6.45, 7) is 2.70. The molecule has 32 heavy (non-hydrogen) atoms. The van der Waals surface area contributed by atoms with Gasteiger partial charge < -0.3 is 19.3 Å². The number of nitrogens with zero attached hydrogens (tertiary/aromatic N) is 1. The van der Waals surface area contributed by atoms with Gasteiger partial charge in [-0.05, 0) is 22.3 Å². The summed E-state index contributed by atoms with van der Waals surface area (Å²) in [4.78, 5) is 36.6. The third-order valence-corrected chi connectivity index (χ3v) is 5.23. The van der Waals surface area contributed by atoms with Crippen LogP contribution in [0, 0.1) is 0 Å². The van der Waals surface area contributed by atoms with Crippen LogP contribution in [0.2, 0.25) is 0 Å². The molecule has 0 saturated carbocycles. The molecule has 0 aliphatic heterocycles. The standard InChI is InChI=1S/C24H25NO7/c1-3-12-31-22(26)15-30-14-21(23(27)28)25(2)24(29)32-13-20-18-10-6-4-8-16(18)17-9-5-7-11-19(17)20/h3-11,20-21H,1,12-15H2,2H3,(H,27,28)/t21-/m0/s1. The molecule has 1 aliphatic carbocycles. The van der Waals surface area contributed by atoms with E-state index in [0.717, 1.165) is 27.2 Å². The first-order chi connectivity index (χ1) is 15.4. The molecule has 0 heterocycles. The van der Waals surface area contributed by atoms with Crippen molar-refractivity contribution in [3.05, 3.63) is 72.3 Å². The molecule has 0 unspecified atom stereocenters. The molecule has 0 aromatic heterocycles. The average molecular weight is 439 g/mol. The van der Waals surface area contributed by atoms with E-state index in [9.17, 15) is 19.5 Å². The van der Waals surface area contributed by atoms with E-state index in [1.165, 1.54) is 13.1 Å². The predicted octanol–water partition coefficient (Wildman–Crippen LogP) is 3.07. The number of amides is 1. The van der Waals surface area contributed by atoms with E-state index in [1.54, 1.807) is 0 Å². The van der Waals surface area contributed by atoms with Crippen molar-refractivity contribution in [2.24, 2.45) is 0 Å². The van der Waals surface area contributed by atoms with Gasteiger partial charge in [0.2, 0.25) is 0 Å². The van der Waals surface area contributed by atoms with Crippen LogP contribution in [-0.2, 0) is 23.8 Å². The number of carboxylic acids is 1. The van der Waals surface area contributed by atoms with Crippen LogP contribution in [-0.4, -0.2) is 67.6 Å². The molecule has 2 aromatic rings. The Hall–Kier alpha value is -3.65. The Morgan fingerprint density at radius 3 is 2.22 bits per heavy atom. The highest BCUT2D eigenvalue weighted by molar-refractivity contribution is 5.81. The van der Waals surface area contributed by atoms with Crippen molar-refractivity contribution in [3.8, 4) is 11.1 Å². The first kappa shape index (κ1) is 23.0. The van der Waals surface area contributed by atoms with Gasteiger partial charge in [-0.1, -0.05) is 61.2 Å². The molecule has 1 aliphatic rings. The number of esters is 1. The van der Waals surface area contributed by atoms with Gasteiger partial charge in [-0.25, -0.2) is 14.4 Å². The molecule has 0 radical (unpaired) electrons. The number of rotatable bonds is 10. The number of carbonyl (C=O) groups is 3. The molecule has 1 N–H and O–H groups in total. The molecule has 1 amide bonds. The smallest absolute Gasteiger partial charge is 0.410 e. The second kappa shape index (κ2) is 10.6. The van der Waals surface area contributed by atoms with Crippen LogP contribution < -0.4 is 0 Å². The molecule has 0 spiro atoms. The second-order valence-electron chi connectivity index (χ2n) is 7.26. The lowest BCUT2D eigenvalue weighted by Gasteiger charge is -2.25. The molecule has 2 aromatic carbocycles. The third-order valence-electron chi connectivity index (χ3n) is 5.23. The summed E-state index contributed by atoms with van der Waals surface area (Å²) in [6.07, 6.45) is 0.611. The Bertz CT molecular complexity index is 958. The number of carbonyl (C=O) groups excluding carboxylic acids is 2. The zero-order valence-electron chi connectivity index (χ0n) is 17.7. The summed E-state index contributed by atoms with van der Waals surface area (Å²) in [5.74, 6) is -2.07. The zero-order chi connectivity index (χ0) is 23.1. The fraction of sp³-hybridized carbons (Fsp3) is 0.292. The van der Waals surface area contributed by atoms with Crippen LogP contribution in [0.3, 0.4) is 0 Å². The summed E-state index contributed by atoms with van der Waals surface area (Å²) in [5, 5.41) is 9.48. The van der Waals surface area contributed by atoms with E-state index in [2.05, 4.69) is 6.58 Å². The summed E-state index contributed by atoms with van der Waals surface area (Å²) in [5.41, 5.74) is 4.30. The predicted molar refractivity (Wildman–Crippen MR) is 116 cm³/mol. The van der Waals surface area contributed by atoms with E-state index in [-0.39, 0.29) is 25.7 Å². The summed E-state index contributed by atoms with van der Waals surface area (Å²) >= 11 is 0. The van der Waals surface area contributed by atoms with Crippen LogP contribution in [0.25, 0.3) is 11.1 Å². The number of likely N-dealkylation sites (N-methyl/N-ethyl adjacent to an activating group) is 1. The fourth-order valence-electron chi connectivity index (χ4n) is 3.62. The van der Waals surface area contributed by atoms with Gasteiger partial charge in [0.05, 0.1) is 6.61 Å². The van der Waals surface area contributed by atoms with Gasteiger partial charge >= 0.3 is 18.0 Å². The Morgan fingerprint density at radius 2 is 1.66 bits per heavy atom. The highest BCUT2D eigenvalue weighted by Gasteiger charge is 2.32. The Balaban J connectivity index is 1.60. The number of hydrogen-bond donors (Lipinski definition) is 1. The molecule has 168 valence electrons. The van der Waals surface area contributed by atoms with Gasteiger partial charge in [0.25, 0.3) is 0 Å². The van der Waals surface area contributed by atoms with Crippen LogP contribution in [0.1, 0.15) is 17.0 Å². The molecule has 8 heteroatoms. The molecule has 8 nitrogen and oxygen atoms in total. The van der Waals surface area contributed by atoms with Crippen molar-refractivity contribution in [1.82, 2.24) is 4.90 Å². The van der Waals surface area contributed by atoms with Crippen LogP contribution in [0.4, 0.5) is 4.79 Å². The van der Waals surface area contributed by atoms with Crippen LogP contribution in [0.15, 0.2) is 61.2 Å². The van der Waals surface area contributed by atoms with Crippen molar-refractivity contribution in [2.45, 2.75) is 12.0 Å². The van der Waals surface area contributed by atoms with E-state index in [4.69, 9.17) is 14.2 Å². The minimum absolute atomic E-state index is 0.0319. The number of ether oxygens (including phenoxy) is 3. The second-order valence-corrected chi connectivity index (χ2v) is 7.26. The van der Waals surface area contributed by atoms with Crippen molar-refractivity contribution >= 4 is 18.0 Å². The maximum Gasteiger partial charge on any atom is 0.410 e. The first-order valence-corrected chi connectivity index (χ1v) is 10.1. The van der Waals surface area contributed by atoms with Crippen molar-refractivity contribution in [1.29, 1.82) is 0 Å². The lowest BCUT2D eigenvalue weighted by atomic mass is 9.98. The van der Waals surface area contributed by atoms with Crippen molar-refractivity contribution in [2.75, 3.05) is 33.5 Å². The van der Waals surface area contributed by atoms with E-state index >= 15 is 0 Å². The Morgan fingerprint density at radius 1 is 1.06 bits per heavy atom. The van der Waals surface area contributed by atoms with Gasteiger partial charge in [-0.2, -0.15) is 0 Å². The Labute approximate surface area is 186 Å². The summed E-state index contributed by atoms with van der Waals surface area (Å²) in [7, 11) is 1.32. The summed E-state index contributed by atoms with van der Waals surface area (Å²) < 4.78 is 15.4. The topological polar surface area (TPSA) is 102 Å². The van der Waals surface area contributed by atoms with Crippen LogP contribution >= 0.6 is 0 Å². The van der Waals surface area contributed by atoms with E-state index in [0.29, 0.717) is 0 Å². The van der Waals surface area contributed by atoms with Crippen molar-refractivity contribution in [3.63, 3.8) is 0 Å². The number of benzene rings is 2. The fourth-order valence-corrected chi connectivity index (χ4v) is 3.62. The van der Waals surface area contributed by atoms with Gasteiger partial charge in [-0.15, -0.1) is 0 Å². The number of hydrogen-bond acceptors (Lipinski definition) is 6. The largest absolute Gasteiger partial charge is 0.480 e. The number of aliphatic carboxylic acids is 1. The average Bonchev–Trinajstić information content (AvgIpc) is 3.12. The molecule has 0 bridgehead atoms. The molecular formula is C24H25NO7. The van der Waals surface area contributed by atoms with Gasteiger partial charge in [0.1, 0.15) is 19.8 Å². The van der Waals surface area contributed by atoms with Crippen LogP contribution in [0.5, 0.6) is 0 Å². The molecule has 0 saturated heterocycles. The van der Waals surface area contributed by atoms with Crippen molar-refractivity contribution < 1.29 is 33.7 Å². The lowest BCUT2D eigenvalue weighted by molar-refractivity contribution is -0.152. The minimum Gasteiger partial charge on any atom is -0.480 e. The van der Waals surface area contributed by atoms with Gasteiger partial charge in [0, 0.05) is 13.0 Å². The highest BCUT2D eigenvalue weighted by atomic mass is 16.6. The molecular weight excluding hydrogens is 414 g/mol. The molecule has 0 fully saturated rings. The third kappa shape index (κ3) is 5.15. The lowest BCUT2D eigenvalue weighted by Crippen LogP contribution is -2.46. The monoisotopic (exact) mass is 439 g/mol. The maximum atomic E-state index is 12.6. The first-order valence-electron chi connectivity index (χ1n) is 10.1. The van der Waals surface area contributed by atoms with Gasteiger partial charge in [0.15, 0.2) is 6.04 Å². The quantitative estimate of drug-likeness (QED) is 0.448. The van der Waals surface area contributed by atoms with E-state index < -0.39 is 30.7 Å². The van der Waals surface area contributed by atoms with Gasteiger partial charge in [-0.3, -0.25) is 4.90 Å². The highest BCUT2D eigenvalue weighted by Crippen LogP contribution is 2.44. The summed E-state index contributed by atoms with van der Waals surface area (Å²) in [6, 6.07) is 14.5. The SMILES string of the molecule is C=CCOC(=O)COC[C@@H](C(=O)O)N(C)C(=O)OCC1c2ccccc2-c2ccccc21. The minimum atomic E-state index is -1.32. The normalized spacial score (nSPS) is 12.9. The number of fused-ring (bicyclic) bond motifs is 3. The molecule has 1 atom stereocenters. The maximum absolute atomic E-state index is 12.6. The van der Waals surface area contributed by atoms with E-state index in [1.807, 2.05) is 48.5 Å². The number of carboxylic acid groups (broad SMARTS) is 1. The zero-order valence-corrected chi connectivity index (χ0v) is 17.7. The Kier molecular flexibility index (Phi) is 7.62. The molecule has 3 rings (SSSR count).